The Labute approximate surface area is 91.0 Å². The summed E-state index contributed by atoms with van der Waals surface area (Å²) in [6, 6.07) is 2.54. The number of ether oxygens (including phenoxy) is 1. The first kappa shape index (κ1) is 12.2. The first-order valence-electron chi connectivity index (χ1n) is 4.56. The zero-order valence-electron chi connectivity index (χ0n) is 8.54. The molecule has 0 spiro atoms. The van der Waals surface area contributed by atoms with Crippen molar-refractivity contribution in [2.45, 2.75) is 6.92 Å². The first-order valence-corrected chi connectivity index (χ1v) is 4.56. The van der Waals surface area contributed by atoms with Crippen molar-refractivity contribution in [3.8, 4) is 0 Å². The monoisotopic (exact) mass is 228 g/mol. The molecule has 16 heavy (non-hydrogen) atoms. The third kappa shape index (κ3) is 2.79. The number of hydrogen-bond donors (Lipinski definition) is 1. The molecular formula is C11H10F2O3. The standard InChI is InChI=1S/C11H10F2O3/c1-2-16-11(15)10(6-14)7-3-8(12)5-9(13)4-7/h3-6,14H,2H2,1H3/b10-6-. The lowest BCUT2D eigenvalue weighted by Crippen LogP contribution is -2.07. The molecule has 0 aliphatic carbocycles. The average Bonchev–Trinajstić information content (AvgIpc) is 2.17. The molecule has 1 rings (SSSR count). The number of esters is 1. The predicted molar refractivity (Wildman–Crippen MR) is 53.6 cm³/mol. The molecule has 0 aliphatic rings. The Morgan fingerprint density at radius 2 is 1.94 bits per heavy atom. The van der Waals surface area contributed by atoms with Crippen LogP contribution in [-0.2, 0) is 9.53 Å². The quantitative estimate of drug-likeness (QED) is 0.491. The SMILES string of the molecule is CCOC(=O)/C(=C\O)c1cc(F)cc(F)c1. The average molecular weight is 228 g/mol. The molecule has 0 radical (unpaired) electrons. The van der Waals surface area contributed by atoms with Crippen molar-refractivity contribution in [2.75, 3.05) is 6.61 Å². The summed E-state index contributed by atoms with van der Waals surface area (Å²) >= 11 is 0. The topological polar surface area (TPSA) is 46.5 Å². The Morgan fingerprint density at radius 1 is 1.38 bits per heavy atom. The summed E-state index contributed by atoms with van der Waals surface area (Å²) in [6.45, 7) is 1.69. The highest BCUT2D eigenvalue weighted by Crippen LogP contribution is 2.18. The van der Waals surface area contributed by atoms with Gasteiger partial charge in [0.15, 0.2) is 0 Å². The molecule has 0 amide bonds. The van der Waals surface area contributed by atoms with E-state index in [0.717, 1.165) is 12.1 Å². The molecule has 1 N–H and O–H groups in total. The molecule has 0 bridgehead atoms. The van der Waals surface area contributed by atoms with E-state index in [1.54, 1.807) is 6.92 Å². The van der Waals surface area contributed by atoms with Gasteiger partial charge in [0.2, 0.25) is 0 Å². The van der Waals surface area contributed by atoms with E-state index in [9.17, 15) is 13.6 Å². The summed E-state index contributed by atoms with van der Waals surface area (Å²) in [6.07, 6.45) is 0.464. The van der Waals surface area contributed by atoms with Gasteiger partial charge in [-0.1, -0.05) is 0 Å². The molecule has 0 fully saturated rings. The van der Waals surface area contributed by atoms with E-state index in [1.165, 1.54) is 0 Å². The lowest BCUT2D eigenvalue weighted by molar-refractivity contribution is -0.136. The van der Waals surface area contributed by atoms with Gasteiger partial charge < -0.3 is 9.84 Å². The van der Waals surface area contributed by atoms with Crippen LogP contribution < -0.4 is 0 Å². The minimum Gasteiger partial charge on any atom is -0.515 e. The van der Waals surface area contributed by atoms with Crippen molar-refractivity contribution in [3.05, 3.63) is 41.7 Å². The molecule has 1 aromatic carbocycles. The molecule has 0 heterocycles. The van der Waals surface area contributed by atoms with Gasteiger partial charge in [-0.3, -0.25) is 0 Å². The van der Waals surface area contributed by atoms with Crippen LogP contribution in [0.4, 0.5) is 8.78 Å². The van der Waals surface area contributed by atoms with E-state index in [-0.39, 0.29) is 17.7 Å². The molecule has 1 aromatic rings. The zero-order chi connectivity index (χ0) is 12.1. The zero-order valence-corrected chi connectivity index (χ0v) is 8.54. The molecule has 5 heteroatoms. The van der Waals surface area contributed by atoms with Crippen LogP contribution in [-0.4, -0.2) is 17.7 Å². The third-order valence-corrected chi connectivity index (χ3v) is 1.80. The third-order valence-electron chi connectivity index (χ3n) is 1.80. The highest BCUT2D eigenvalue weighted by Gasteiger charge is 2.15. The molecular weight excluding hydrogens is 218 g/mol. The Bertz CT molecular complexity index is 407. The molecule has 0 aromatic heterocycles. The van der Waals surface area contributed by atoms with Gasteiger partial charge in [0.05, 0.1) is 12.9 Å². The Kier molecular flexibility index (Phi) is 3.99. The van der Waals surface area contributed by atoms with E-state index in [0.29, 0.717) is 12.3 Å². The number of aliphatic hydroxyl groups excluding tert-OH is 1. The van der Waals surface area contributed by atoms with Gasteiger partial charge >= 0.3 is 5.97 Å². The van der Waals surface area contributed by atoms with Crippen LogP contribution in [0.15, 0.2) is 24.5 Å². The van der Waals surface area contributed by atoms with Crippen LogP contribution in [0.1, 0.15) is 12.5 Å². The van der Waals surface area contributed by atoms with Gasteiger partial charge in [-0.25, -0.2) is 13.6 Å². The van der Waals surface area contributed by atoms with Gasteiger partial charge in [-0.05, 0) is 24.6 Å². The number of carbonyl (C=O) groups excluding carboxylic acids is 1. The molecule has 0 atom stereocenters. The summed E-state index contributed by atoms with van der Waals surface area (Å²) < 4.78 is 30.4. The van der Waals surface area contributed by atoms with Crippen LogP contribution in [0.3, 0.4) is 0 Å². The number of hydrogen-bond acceptors (Lipinski definition) is 3. The number of rotatable bonds is 3. The van der Waals surface area contributed by atoms with E-state index < -0.39 is 17.6 Å². The van der Waals surface area contributed by atoms with E-state index in [4.69, 9.17) is 5.11 Å². The van der Waals surface area contributed by atoms with Gasteiger partial charge in [0.1, 0.15) is 17.2 Å². The lowest BCUT2D eigenvalue weighted by Gasteiger charge is -2.06. The van der Waals surface area contributed by atoms with Gasteiger partial charge in [-0.15, -0.1) is 0 Å². The Morgan fingerprint density at radius 3 is 2.38 bits per heavy atom. The van der Waals surface area contributed by atoms with Crippen molar-refractivity contribution >= 4 is 11.5 Å². The largest absolute Gasteiger partial charge is 0.515 e. The van der Waals surface area contributed by atoms with E-state index >= 15 is 0 Å². The number of aliphatic hydroxyl groups is 1. The Hall–Kier alpha value is -1.91. The summed E-state index contributed by atoms with van der Waals surface area (Å²) in [5, 5.41) is 8.85. The number of halogens is 2. The number of benzene rings is 1. The first-order chi connectivity index (χ1) is 7.58. The predicted octanol–water partition coefficient (Wildman–Crippen LogP) is 2.43. The fraction of sp³-hybridized carbons (Fsp3) is 0.182. The van der Waals surface area contributed by atoms with Crippen molar-refractivity contribution < 1.29 is 23.4 Å². The van der Waals surface area contributed by atoms with Crippen LogP contribution >= 0.6 is 0 Å². The summed E-state index contributed by atoms with van der Waals surface area (Å²) in [5.41, 5.74) is -0.362. The second kappa shape index (κ2) is 5.25. The maximum absolute atomic E-state index is 12.9. The van der Waals surface area contributed by atoms with Gasteiger partial charge in [0.25, 0.3) is 0 Å². The maximum atomic E-state index is 12.9. The van der Waals surface area contributed by atoms with E-state index in [2.05, 4.69) is 4.74 Å². The smallest absolute Gasteiger partial charge is 0.341 e. The second-order valence-electron chi connectivity index (χ2n) is 2.92. The molecule has 3 nitrogen and oxygen atoms in total. The summed E-state index contributed by atoms with van der Waals surface area (Å²) in [7, 11) is 0. The second-order valence-corrected chi connectivity index (χ2v) is 2.92. The molecule has 0 aliphatic heterocycles. The minimum absolute atomic E-state index is 0.0709. The van der Waals surface area contributed by atoms with Crippen LogP contribution in [0, 0.1) is 11.6 Å². The highest BCUT2D eigenvalue weighted by molar-refractivity contribution is 6.16. The normalized spacial score (nSPS) is 11.3. The van der Waals surface area contributed by atoms with Crippen LogP contribution in [0.5, 0.6) is 0 Å². The van der Waals surface area contributed by atoms with Crippen LogP contribution in [0.25, 0.3) is 5.57 Å². The Balaban J connectivity index is 3.09. The number of carbonyl (C=O) groups is 1. The highest BCUT2D eigenvalue weighted by atomic mass is 19.1. The van der Waals surface area contributed by atoms with Gasteiger partial charge in [-0.2, -0.15) is 0 Å². The fourth-order valence-electron chi connectivity index (χ4n) is 1.16. The maximum Gasteiger partial charge on any atom is 0.341 e. The lowest BCUT2D eigenvalue weighted by atomic mass is 10.1. The van der Waals surface area contributed by atoms with Crippen molar-refractivity contribution in [1.82, 2.24) is 0 Å². The molecule has 0 saturated carbocycles. The van der Waals surface area contributed by atoms with Crippen molar-refractivity contribution in [2.24, 2.45) is 0 Å². The van der Waals surface area contributed by atoms with E-state index in [1.807, 2.05) is 0 Å². The van der Waals surface area contributed by atoms with Crippen molar-refractivity contribution in [3.63, 3.8) is 0 Å². The van der Waals surface area contributed by atoms with Gasteiger partial charge in [0, 0.05) is 6.07 Å². The fourth-order valence-corrected chi connectivity index (χ4v) is 1.16. The minimum atomic E-state index is -0.838. The molecule has 86 valence electrons. The molecule has 0 unspecified atom stereocenters. The van der Waals surface area contributed by atoms with Crippen LogP contribution in [0.2, 0.25) is 0 Å². The van der Waals surface area contributed by atoms with Crippen molar-refractivity contribution in [1.29, 1.82) is 0 Å². The summed E-state index contributed by atoms with van der Waals surface area (Å²) in [5.74, 6) is -2.51. The molecule has 0 saturated heterocycles. The summed E-state index contributed by atoms with van der Waals surface area (Å²) in [4.78, 5) is 11.3.